The minimum atomic E-state index is -0.204. The lowest BCUT2D eigenvalue weighted by Crippen LogP contribution is -2.38. The van der Waals surface area contributed by atoms with E-state index in [0.717, 1.165) is 31.2 Å². The largest absolute Gasteiger partial charge is 0.378 e. The number of anilines is 1. The molecule has 2 aromatic rings. The molecule has 5 nitrogen and oxygen atoms in total. The zero-order valence-electron chi connectivity index (χ0n) is 17.0. The molecule has 0 aromatic heterocycles. The lowest BCUT2D eigenvalue weighted by molar-refractivity contribution is 0.122. The molecule has 1 atom stereocenters. The molecule has 0 aliphatic carbocycles. The molecule has 2 aromatic carbocycles. The molecule has 1 fully saturated rings. The quantitative estimate of drug-likeness (QED) is 0.348. The molecule has 29 heavy (non-hydrogen) atoms. The van der Waals surface area contributed by atoms with Crippen molar-refractivity contribution in [3.8, 4) is 0 Å². The SMILES string of the molecule is CCNC(=NCc1ccc(N2CCOCC2)c(F)c1)NC(C)c1ccccc1.I. The molecule has 158 valence electrons. The molecule has 0 spiro atoms. The Balaban J connectivity index is 0.00000300. The van der Waals surface area contributed by atoms with Gasteiger partial charge in [-0.15, -0.1) is 24.0 Å². The number of halogens is 2. The minimum Gasteiger partial charge on any atom is -0.378 e. The highest BCUT2D eigenvalue weighted by atomic mass is 127. The number of hydrogen-bond donors (Lipinski definition) is 2. The first kappa shape index (κ1) is 23.4. The second kappa shape index (κ2) is 12.0. The molecule has 1 aliphatic heterocycles. The molecule has 0 saturated carbocycles. The van der Waals surface area contributed by atoms with Crippen LogP contribution in [-0.2, 0) is 11.3 Å². The van der Waals surface area contributed by atoms with E-state index in [1.54, 1.807) is 6.07 Å². The summed E-state index contributed by atoms with van der Waals surface area (Å²) in [7, 11) is 0. The van der Waals surface area contributed by atoms with Crippen LogP contribution >= 0.6 is 24.0 Å². The summed E-state index contributed by atoms with van der Waals surface area (Å²) in [6.45, 7) is 8.03. The zero-order valence-corrected chi connectivity index (χ0v) is 19.4. The van der Waals surface area contributed by atoms with Crippen LogP contribution in [0, 0.1) is 5.82 Å². The number of morpholine rings is 1. The molecule has 1 aliphatic rings. The van der Waals surface area contributed by atoms with Crippen molar-refractivity contribution in [2.24, 2.45) is 4.99 Å². The molecule has 0 radical (unpaired) electrons. The maximum absolute atomic E-state index is 14.6. The minimum absolute atomic E-state index is 0. The first-order valence-corrected chi connectivity index (χ1v) is 9.88. The number of nitrogens with zero attached hydrogens (tertiary/aromatic N) is 2. The summed E-state index contributed by atoms with van der Waals surface area (Å²) in [4.78, 5) is 6.65. The van der Waals surface area contributed by atoms with Gasteiger partial charge in [-0.1, -0.05) is 36.4 Å². The highest BCUT2D eigenvalue weighted by molar-refractivity contribution is 14.0. The van der Waals surface area contributed by atoms with Crippen LogP contribution in [0.5, 0.6) is 0 Å². The fourth-order valence-electron chi connectivity index (χ4n) is 3.23. The van der Waals surface area contributed by atoms with Crippen LogP contribution in [-0.4, -0.2) is 38.8 Å². The predicted molar refractivity (Wildman–Crippen MR) is 128 cm³/mol. The van der Waals surface area contributed by atoms with E-state index in [1.807, 2.05) is 42.2 Å². The van der Waals surface area contributed by atoms with Crippen LogP contribution in [0.4, 0.5) is 10.1 Å². The molecule has 0 bridgehead atoms. The van der Waals surface area contributed by atoms with E-state index in [0.29, 0.717) is 25.4 Å². The Kier molecular flexibility index (Phi) is 9.66. The second-order valence-electron chi connectivity index (χ2n) is 6.86. The Morgan fingerprint density at radius 1 is 1.17 bits per heavy atom. The van der Waals surface area contributed by atoms with Gasteiger partial charge < -0.3 is 20.3 Å². The van der Waals surface area contributed by atoms with Crippen molar-refractivity contribution < 1.29 is 9.13 Å². The third kappa shape index (κ3) is 6.85. The molecule has 2 N–H and O–H groups in total. The van der Waals surface area contributed by atoms with Crippen molar-refractivity contribution in [3.05, 3.63) is 65.5 Å². The van der Waals surface area contributed by atoms with Crippen molar-refractivity contribution in [3.63, 3.8) is 0 Å². The van der Waals surface area contributed by atoms with Crippen LogP contribution in [0.15, 0.2) is 53.5 Å². The first-order chi connectivity index (χ1) is 13.7. The van der Waals surface area contributed by atoms with Crippen molar-refractivity contribution in [2.45, 2.75) is 26.4 Å². The fraction of sp³-hybridized carbons (Fsp3) is 0.409. The average molecular weight is 512 g/mol. The number of aliphatic imine (C=N–C) groups is 1. The number of ether oxygens (including phenoxy) is 1. The molecule has 1 heterocycles. The van der Waals surface area contributed by atoms with Crippen molar-refractivity contribution in [1.29, 1.82) is 0 Å². The summed E-state index contributed by atoms with van der Waals surface area (Å²) in [5.41, 5.74) is 2.67. The van der Waals surface area contributed by atoms with Crippen LogP contribution in [0.3, 0.4) is 0 Å². The van der Waals surface area contributed by atoms with Gasteiger partial charge in [-0.2, -0.15) is 0 Å². The topological polar surface area (TPSA) is 48.9 Å². The fourth-order valence-corrected chi connectivity index (χ4v) is 3.23. The van der Waals surface area contributed by atoms with Gasteiger partial charge in [0.15, 0.2) is 5.96 Å². The highest BCUT2D eigenvalue weighted by Gasteiger charge is 2.15. The highest BCUT2D eigenvalue weighted by Crippen LogP contribution is 2.22. The van der Waals surface area contributed by atoms with E-state index in [1.165, 1.54) is 5.56 Å². The van der Waals surface area contributed by atoms with Crippen molar-refractivity contribution in [2.75, 3.05) is 37.7 Å². The molecular weight excluding hydrogens is 482 g/mol. The lowest BCUT2D eigenvalue weighted by Gasteiger charge is -2.29. The van der Waals surface area contributed by atoms with Gasteiger partial charge >= 0.3 is 0 Å². The number of nitrogens with one attached hydrogen (secondary N) is 2. The van der Waals surface area contributed by atoms with Gasteiger partial charge in [-0.3, -0.25) is 0 Å². The van der Waals surface area contributed by atoms with E-state index in [2.05, 4.69) is 34.7 Å². The maximum Gasteiger partial charge on any atom is 0.192 e. The van der Waals surface area contributed by atoms with Gasteiger partial charge in [0.25, 0.3) is 0 Å². The first-order valence-electron chi connectivity index (χ1n) is 9.88. The Morgan fingerprint density at radius 3 is 2.55 bits per heavy atom. The van der Waals surface area contributed by atoms with E-state index in [9.17, 15) is 4.39 Å². The number of hydrogen-bond acceptors (Lipinski definition) is 3. The molecule has 1 saturated heterocycles. The van der Waals surface area contributed by atoms with E-state index < -0.39 is 0 Å². The second-order valence-corrected chi connectivity index (χ2v) is 6.86. The van der Waals surface area contributed by atoms with E-state index >= 15 is 0 Å². The standard InChI is InChI=1S/C22H29FN4O.HI/c1-3-24-22(26-17(2)19-7-5-4-6-8-19)25-16-18-9-10-21(20(23)15-18)27-11-13-28-14-12-27;/h4-10,15,17H,3,11-14,16H2,1-2H3,(H2,24,25,26);1H. The van der Waals surface area contributed by atoms with Crippen LogP contribution < -0.4 is 15.5 Å². The Hall–Kier alpha value is -1.87. The summed E-state index contributed by atoms with van der Waals surface area (Å²) < 4.78 is 19.9. The number of rotatable bonds is 6. The monoisotopic (exact) mass is 512 g/mol. The number of guanidine groups is 1. The molecular formula is C22H30FIN4O. The smallest absolute Gasteiger partial charge is 0.192 e. The van der Waals surface area contributed by atoms with Crippen LogP contribution in [0.2, 0.25) is 0 Å². The Labute approximate surface area is 189 Å². The molecule has 1 unspecified atom stereocenters. The predicted octanol–water partition coefficient (Wildman–Crippen LogP) is 4.10. The van der Waals surface area contributed by atoms with Crippen LogP contribution in [0.1, 0.15) is 31.0 Å². The molecule has 3 rings (SSSR count). The molecule has 7 heteroatoms. The van der Waals surface area contributed by atoms with Crippen molar-refractivity contribution in [1.82, 2.24) is 10.6 Å². The summed E-state index contributed by atoms with van der Waals surface area (Å²) in [5.74, 6) is 0.515. The summed E-state index contributed by atoms with van der Waals surface area (Å²) in [6.07, 6.45) is 0. The third-order valence-electron chi connectivity index (χ3n) is 4.78. The van der Waals surface area contributed by atoms with Crippen LogP contribution in [0.25, 0.3) is 0 Å². The van der Waals surface area contributed by atoms with Gasteiger partial charge in [-0.05, 0) is 37.1 Å². The van der Waals surface area contributed by atoms with E-state index in [4.69, 9.17) is 4.74 Å². The van der Waals surface area contributed by atoms with E-state index in [-0.39, 0.29) is 35.8 Å². The summed E-state index contributed by atoms with van der Waals surface area (Å²) in [5, 5.41) is 6.66. The van der Waals surface area contributed by atoms with Crippen molar-refractivity contribution >= 4 is 35.6 Å². The lowest BCUT2D eigenvalue weighted by atomic mass is 10.1. The zero-order chi connectivity index (χ0) is 19.8. The van der Waals surface area contributed by atoms with Gasteiger partial charge in [0.2, 0.25) is 0 Å². The number of benzene rings is 2. The van der Waals surface area contributed by atoms with Gasteiger partial charge in [-0.25, -0.2) is 9.38 Å². The Bertz CT molecular complexity index is 782. The third-order valence-corrected chi connectivity index (χ3v) is 4.78. The summed E-state index contributed by atoms with van der Waals surface area (Å²) >= 11 is 0. The summed E-state index contributed by atoms with van der Waals surface area (Å²) in [6, 6.07) is 15.7. The Morgan fingerprint density at radius 2 is 1.90 bits per heavy atom. The van der Waals surface area contributed by atoms with Gasteiger partial charge in [0, 0.05) is 19.6 Å². The maximum atomic E-state index is 14.6. The normalized spacial score (nSPS) is 15.4. The molecule has 0 amide bonds. The van der Waals surface area contributed by atoms with Gasteiger partial charge in [0.1, 0.15) is 5.82 Å². The van der Waals surface area contributed by atoms with Gasteiger partial charge in [0.05, 0.1) is 31.5 Å². The average Bonchev–Trinajstić information content (AvgIpc) is 2.73.